The summed E-state index contributed by atoms with van der Waals surface area (Å²) in [6.07, 6.45) is 26.8. The lowest BCUT2D eigenvalue weighted by atomic mass is 9.77. The molecule has 141 heavy (non-hydrogen) atoms. The smallest absolute Gasteiger partial charge is 0.373 e. The van der Waals surface area contributed by atoms with E-state index in [0.29, 0.717) is 94.5 Å². The predicted molar refractivity (Wildman–Crippen MR) is 585 cm³/mol. The molecule has 7 atom stereocenters. The van der Waals surface area contributed by atoms with E-state index in [0.717, 1.165) is 213 Å². The van der Waals surface area contributed by atoms with Crippen LogP contribution in [-0.2, 0) is 57.6 Å². The van der Waals surface area contributed by atoms with Gasteiger partial charge in [-0.3, -0.25) is 48.9 Å². The summed E-state index contributed by atoms with van der Waals surface area (Å²) in [5, 5.41) is 0. The third kappa shape index (κ3) is 48.6. The van der Waals surface area contributed by atoms with E-state index in [1.165, 1.54) is 181 Å². The highest BCUT2D eigenvalue weighted by Gasteiger charge is 2.45. The highest BCUT2D eigenvalue weighted by Crippen LogP contribution is 2.43. The number of carbonyl (C=O) groups excluding carboxylic acids is 3. The zero-order valence-corrected chi connectivity index (χ0v) is 98.9. The van der Waals surface area contributed by atoms with Crippen molar-refractivity contribution in [2.45, 2.75) is 432 Å². The van der Waals surface area contributed by atoms with Crippen molar-refractivity contribution in [2.24, 2.45) is 28.1 Å². The second-order valence-electron chi connectivity index (χ2n) is 51.4. The second-order valence-corrected chi connectivity index (χ2v) is 53.4. The monoisotopic (exact) mass is 2020 g/mol. The second kappa shape index (κ2) is 63.4. The number of fused-ring (bicyclic) bond motifs is 5. The van der Waals surface area contributed by atoms with E-state index in [1.54, 1.807) is 11.2 Å². The maximum atomic E-state index is 11.2. The Kier molecular flexibility index (Phi) is 58.2. The molecule has 0 aromatic heterocycles. The fraction of sp³-hybridized carbons (Fsp3) is 0.982. The van der Waals surface area contributed by atoms with Gasteiger partial charge in [0.1, 0.15) is 0 Å². The van der Waals surface area contributed by atoms with E-state index in [1.807, 2.05) is 4.90 Å². The highest BCUT2D eigenvalue weighted by atomic mass is 32.2. The molecule has 16 aliphatic heterocycles. The molecule has 1 aliphatic carbocycles. The topological polar surface area (TPSA) is 199 Å². The lowest BCUT2D eigenvalue weighted by molar-refractivity contribution is -0.191. The summed E-state index contributed by atoms with van der Waals surface area (Å²) < 4.78 is 62.0. The van der Waals surface area contributed by atoms with Crippen molar-refractivity contribution < 1.29 is 56.0 Å². The van der Waals surface area contributed by atoms with Crippen molar-refractivity contribution in [2.75, 3.05) is 263 Å². The molecule has 0 aromatic carbocycles. The van der Waals surface area contributed by atoms with Gasteiger partial charge in [0, 0.05) is 246 Å². The van der Waals surface area contributed by atoms with Crippen molar-refractivity contribution in [3.05, 3.63) is 0 Å². The van der Waals surface area contributed by atoms with Gasteiger partial charge in [-0.25, -0.2) is 8.42 Å². The van der Waals surface area contributed by atoms with Gasteiger partial charge >= 0.3 is 6.15 Å². The average Bonchev–Trinajstić information content (AvgIpc) is 1.72. The molecule has 0 aromatic rings. The number of morpholine rings is 5. The molecule has 17 fully saturated rings. The Morgan fingerprint density at radius 2 is 0.759 bits per heavy atom. The van der Waals surface area contributed by atoms with Crippen LogP contribution in [0.5, 0.6) is 0 Å². The number of hydrogen-bond donors (Lipinski definition) is 0. The Morgan fingerprint density at radius 3 is 1.12 bits per heavy atom. The fourth-order valence-corrected chi connectivity index (χ4v) is 23.9. The van der Waals surface area contributed by atoms with Crippen LogP contribution >= 0.6 is 0 Å². The third-order valence-corrected chi connectivity index (χ3v) is 34.2. The number of piperazine rings is 2. The standard InChI is InChI=1S/C13H26N2.C11H21NO.C10H21NO.C10H19N.C9H18N2O.2C9H17NO.C9H19NO.C9H19N.C8H18N2O2S.C8H17NO.C7H15NO.CO2/c1-12(2,3)15-9-6-13(7-10-15)5-8-14(4)11-13;1-10(2)12-6-3-11(9-12)4-7-13-8-5-11;1-9(2,3)11-6-10(4,5)7-12-8-11;1-8(2)11-6-9-4-3-5-10(9)7-11;1-8(2)10-4-6-11(7-5-10)9(3)12;1-7(2)10-8-3-4-9(10)6-11-5-8;1-7(2)10-5-8-3-4-9(6-10)11-8;1-8-7-10(5-6-11-8)9(2,3)4;1-9(2)10-7-5-3-4-6-8-10;1-8(2)9-4-6-10(7-5-9)13(3,11)12;1-8(2,3)9-4-6-10-7-5-9;1-7(2)8-3-5-9-6-4-8;2-1-3/h5-11H2,1-4H3;10H,3-9H2,1-2H3;6-8H2,1-5H3;8-10H,3-7H2,1-2H3;8H,4-7H2,1-3H3;2*7-9H,3-6H2,1-2H3;8H,5-7H2,1-4H3;9H,3-8H2,1-2H3;8H,4-7H2,1-3H3;4-7H2,1-3H3;7H,3-6H2,1-2H3;. The van der Waals surface area contributed by atoms with Gasteiger partial charge in [-0.1, -0.05) is 33.1 Å². The molecule has 17 aliphatic rings. The predicted octanol–water partition coefficient (Wildman–Crippen LogP) is 16.4. The number of nitrogens with zero attached hydrogens (tertiary/aromatic N) is 15. The molecule has 16 heterocycles. The van der Waals surface area contributed by atoms with Gasteiger partial charge < -0.3 is 57.7 Å². The first-order valence-corrected chi connectivity index (χ1v) is 58.8. The van der Waals surface area contributed by atoms with E-state index >= 15 is 0 Å². The Labute approximate surface area is 868 Å². The Hall–Kier alpha value is -2.04. The number of rotatable bonds is 9. The zero-order chi connectivity index (χ0) is 105. The first-order chi connectivity index (χ1) is 65.9. The molecule has 27 nitrogen and oxygen atoms in total. The molecule has 7 unspecified atom stereocenters. The average molecular weight is 2020 g/mol. The van der Waals surface area contributed by atoms with Gasteiger partial charge in [-0.05, 0) is 360 Å². The molecule has 832 valence electrons. The van der Waals surface area contributed by atoms with Crippen LogP contribution in [0.15, 0.2) is 0 Å². The minimum Gasteiger partial charge on any atom is -0.381 e. The largest absolute Gasteiger partial charge is 0.381 e. The quantitative estimate of drug-likeness (QED) is 0.211. The van der Waals surface area contributed by atoms with Crippen molar-refractivity contribution >= 4 is 22.1 Å². The van der Waals surface area contributed by atoms with E-state index in [9.17, 15) is 13.2 Å². The molecule has 4 bridgehead atoms. The molecule has 0 radical (unpaired) electrons. The summed E-state index contributed by atoms with van der Waals surface area (Å²) in [5.41, 5.74) is 2.84. The van der Waals surface area contributed by atoms with Crippen molar-refractivity contribution in [3.63, 3.8) is 0 Å². The minimum absolute atomic E-state index is 0.207. The molecule has 1 saturated carbocycles. The Morgan fingerprint density at radius 1 is 0.369 bits per heavy atom. The molecule has 0 N–H and O–H groups in total. The Balaban J connectivity index is 0.000000271. The molecular formula is C113H227N15O12S. The van der Waals surface area contributed by atoms with Crippen LogP contribution in [0.1, 0.15) is 331 Å². The van der Waals surface area contributed by atoms with Gasteiger partial charge in [0.15, 0.2) is 0 Å². The first-order valence-electron chi connectivity index (χ1n) is 56.9. The third-order valence-electron chi connectivity index (χ3n) is 32.9. The number of piperidine rings is 1. The van der Waals surface area contributed by atoms with Gasteiger partial charge in [0.2, 0.25) is 15.9 Å². The number of carbonyl (C=O) groups is 1. The number of likely N-dealkylation sites (tertiary alicyclic amines) is 6. The number of amides is 1. The Bertz CT molecular complexity index is 3380. The molecule has 17 rings (SSSR count). The van der Waals surface area contributed by atoms with Crippen molar-refractivity contribution in [1.29, 1.82) is 0 Å². The van der Waals surface area contributed by atoms with Gasteiger partial charge in [-0.2, -0.15) is 13.9 Å². The molecule has 16 saturated heterocycles. The summed E-state index contributed by atoms with van der Waals surface area (Å²) >= 11 is 0. The summed E-state index contributed by atoms with van der Waals surface area (Å²) in [6, 6.07) is 6.94. The van der Waals surface area contributed by atoms with Crippen molar-refractivity contribution in [3.8, 4) is 0 Å². The normalized spacial score (nSPS) is 27.8. The first kappa shape index (κ1) is 129. The van der Waals surface area contributed by atoms with Crippen LogP contribution in [0.3, 0.4) is 0 Å². The number of hydrogen-bond acceptors (Lipinski definition) is 25. The molecule has 2 spiro atoms. The highest BCUT2D eigenvalue weighted by molar-refractivity contribution is 7.88. The van der Waals surface area contributed by atoms with Crippen LogP contribution in [0, 0.1) is 28.1 Å². The van der Waals surface area contributed by atoms with Crippen LogP contribution < -0.4 is 0 Å². The van der Waals surface area contributed by atoms with E-state index in [-0.39, 0.29) is 17.6 Å². The van der Waals surface area contributed by atoms with Crippen LogP contribution in [0.2, 0.25) is 0 Å². The fourth-order valence-electron chi connectivity index (χ4n) is 23.0. The maximum absolute atomic E-state index is 11.2. The maximum Gasteiger partial charge on any atom is 0.373 e. The van der Waals surface area contributed by atoms with Crippen molar-refractivity contribution in [1.82, 2.24) is 72.9 Å². The summed E-state index contributed by atoms with van der Waals surface area (Å²) in [4.78, 5) is 61.8. The lowest BCUT2D eigenvalue weighted by Gasteiger charge is -2.45. The van der Waals surface area contributed by atoms with Crippen LogP contribution in [0.4, 0.5) is 0 Å². The summed E-state index contributed by atoms with van der Waals surface area (Å²) in [6.45, 7) is 112. The van der Waals surface area contributed by atoms with E-state index in [2.05, 4.69) is 285 Å². The van der Waals surface area contributed by atoms with E-state index < -0.39 is 10.0 Å². The minimum atomic E-state index is -2.97. The summed E-state index contributed by atoms with van der Waals surface area (Å²) in [7, 11) is -0.700. The van der Waals surface area contributed by atoms with Gasteiger partial charge in [0.05, 0.1) is 84.2 Å². The van der Waals surface area contributed by atoms with E-state index in [4.69, 9.17) is 42.7 Å². The zero-order valence-electron chi connectivity index (χ0n) is 98.1. The molecular weight excluding hydrogens is 1790 g/mol. The number of ether oxygens (including phenoxy) is 7. The number of sulfonamides is 1. The lowest BCUT2D eigenvalue weighted by Crippen LogP contribution is -2.52. The SMILES string of the molecule is CC(=O)N1CCN(C(C)C)CC1.CC(C)(C)N1CCOCC1.CC(C)N1C2CCC1COC2.CC(C)N1CC2CCC(C1)O2.CC(C)N1CC2CCCC2C1.CC(C)N1CCC2(CCOCC2)C1.CC(C)N1CCCCCC1.CC(C)N1CCN(S(C)(=O)=O)CC1.CC(C)N1CCOCC1.CC1(C)COCN(C(C)(C)C)C1.CC1CN(C(C)(C)C)CCO1.CN1CCC2(CCN(C(C)(C)C)CC2)C1.O=C=O. The molecule has 1 amide bonds. The van der Waals surface area contributed by atoms with Crippen LogP contribution in [-0.4, -0.2) is 457 Å². The van der Waals surface area contributed by atoms with Crippen LogP contribution in [0.25, 0.3) is 0 Å². The summed E-state index contributed by atoms with van der Waals surface area (Å²) in [5.74, 6) is 2.34. The molecule has 28 heteroatoms. The van der Waals surface area contributed by atoms with Gasteiger partial charge in [0.25, 0.3) is 0 Å². The van der Waals surface area contributed by atoms with Gasteiger partial charge in [-0.15, -0.1) is 0 Å².